The lowest BCUT2D eigenvalue weighted by atomic mass is 9.83. The van der Waals surface area contributed by atoms with Gasteiger partial charge in [-0.05, 0) is 45.4 Å². The molecule has 0 atom stereocenters. The van der Waals surface area contributed by atoms with Crippen LogP contribution in [-0.2, 0) is 0 Å². The molecule has 0 amide bonds. The van der Waals surface area contributed by atoms with Gasteiger partial charge in [0.1, 0.15) is 0 Å². The minimum Gasteiger partial charge on any atom is -0.396 e. The highest BCUT2D eigenvalue weighted by atomic mass is 127. The molecule has 2 aliphatic rings. The second-order valence-corrected chi connectivity index (χ2v) is 9.18. The van der Waals surface area contributed by atoms with E-state index in [-0.39, 0.29) is 29.4 Å². The molecule has 0 radical (unpaired) electrons. The number of aliphatic hydroxyl groups excluding tert-OH is 1. The number of hydrogen-bond acceptors (Lipinski definition) is 3. The van der Waals surface area contributed by atoms with Crippen LogP contribution in [0.25, 0.3) is 0 Å². The third-order valence-electron chi connectivity index (χ3n) is 4.93. The fraction of sp³-hybridized carbons (Fsp3) is 0.941. The summed E-state index contributed by atoms with van der Waals surface area (Å²) in [6.07, 6.45) is 5.92. The van der Waals surface area contributed by atoms with Crippen LogP contribution in [0.15, 0.2) is 4.99 Å². The van der Waals surface area contributed by atoms with E-state index >= 15 is 0 Å². The zero-order chi connectivity index (χ0) is 16.1. The summed E-state index contributed by atoms with van der Waals surface area (Å²) in [7, 11) is 0. The molecule has 1 heterocycles. The number of halogens is 1. The molecule has 0 aromatic heterocycles. The van der Waals surface area contributed by atoms with Gasteiger partial charge in [0.15, 0.2) is 5.96 Å². The Morgan fingerprint density at radius 3 is 2.57 bits per heavy atom. The molecule has 0 unspecified atom stereocenters. The van der Waals surface area contributed by atoms with Crippen molar-refractivity contribution in [2.75, 3.05) is 38.5 Å². The van der Waals surface area contributed by atoms with Crippen LogP contribution in [0.3, 0.4) is 0 Å². The van der Waals surface area contributed by atoms with Crippen molar-refractivity contribution in [3.8, 4) is 0 Å². The molecule has 0 aromatic rings. The van der Waals surface area contributed by atoms with Crippen LogP contribution in [0, 0.1) is 5.41 Å². The van der Waals surface area contributed by atoms with Crippen molar-refractivity contribution in [2.45, 2.75) is 57.6 Å². The summed E-state index contributed by atoms with van der Waals surface area (Å²) >= 11 is 2.05. The fourth-order valence-electron chi connectivity index (χ4n) is 3.72. The van der Waals surface area contributed by atoms with Crippen LogP contribution in [-0.4, -0.2) is 59.3 Å². The van der Waals surface area contributed by atoms with Gasteiger partial charge < -0.3 is 15.3 Å². The fourth-order valence-corrected chi connectivity index (χ4v) is 4.83. The standard InChI is InChI=1S/C17H33N3OS.HI/c1-4-18-15(20-10-12-22-16(2,3)14-20)19-13-17(9-11-21)7-5-6-8-17;/h21H,4-14H2,1-3H3,(H,18,19);1H. The lowest BCUT2D eigenvalue weighted by molar-refractivity contribution is 0.190. The molecule has 2 rings (SSSR count). The molecule has 4 nitrogen and oxygen atoms in total. The first-order valence-electron chi connectivity index (χ1n) is 8.78. The third-order valence-corrected chi connectivity index (χ3v) is 6.23. The van der Waals surface area contributed by atoms with Gasteiger partial charge >= 0.3 is 0 Å². The first-order chi connectivity index (χ1) is 10.5. The zero-order valence-electron chi connectivity index (χ0n) is 14.9. The van der Waals surface area contributed by atoms with Crippen molar-refractivity contribution in [3.05, 3.63) is 0 Å². The van der Waals surface area contributed by atoms with E-state index in [4.69, 9.17) is 4.99 Å². The number of nitrogens with zero attached hydrogens (tertiary/aromatic N) is 2. The number of hydrogen-bond donors (Lipinski definition) is 2. The highest BCUT2D eigenvalue weighted by molar-refractivity contribution is 14.0. The largest absolute Gasteiger partial charge is 0.396 e. The minimum absolute atomic E-state index is 0. The lowest BCUT2D eigenvalue weighted by Gasteiger charge is -2.39. The van der Waals surface area contributed by atoms with E-state index < -0.39 is 0 Å². The molecule has 6 heteroatoms. The molecule has 0 spiro atoms. The second kappa shape index (κ2) is 9.70. The molecule has 1 aliphatic carbocycles. The van der Waals surface area contributed by atoms with Crippen molar-refractivity contribution in [1.29, 1.82) is 0 Å². The zero-order valence-corrected chi connectivity index (χ0v) is 18.1. The van der Waals surface area contributed by atoms with E-state index in [9.17, 15) is 5.11 Å². The summed E-state index contributed by atoms with van der Waals surface area (Å²) in [5.74, 6) is 2.24. The molecule has 136 valence electrons. The topological polar surface area (TPSA) is 47.9 Å². The van der Waals surface area contributed by atoms with Crippen LogP contribution in [0.2, 0.25) is 0 Å². The van der Waals surface area contributed by atoms with Crippen molar-refractivity contribution in [2.24, 2.45) is 10.4 Å². The van der Waals surface area contributed by atoms with Crippen molar-refractivity contribution in [1.82, 2.24) is 10.2 Å². The molecule has 2 N–H and O–H groups in total. The van der Waals surface area contributed by atoms with E-state index in [1.807, 2.05) is 0 Å². The van der Waals surface area contributed by atoms with Gasteiger partial charge in [0, 0.05) is 43.3 Å². The van der Waals surface area contributed by atoms with Crippen molar-refractivity contribution < 1.29 is 5.11 Å². The molecule has 1 aliphatic heterocycles. The average molecular weight is 455 g/mol. The Morgan fingerprint density at radius 2 is 2.00 bits per heavy atom. The number of thioether (sulfide) groups is 1. The van der Waals surface area contributed by atoms with E-state index in [2.05, 4.69) is 42.7 Å². The second-order valence-electron chi connectivity index (χ2n) is 7.38. The summed E-state index contributed by atoms with van der Waals surface area (Å²) < 4.78 is 0.296. The van der Waals surface area contributed by atoms with Gasteiger partial charge in [-0.15, -0.1) is 24.0 Å². The quantitative estimate of drug-likeness (QED) is 0.379. The summed E-state index contributed by atoms with van der Waals surface area (Å²) in [4.78, 5) is 7.40. The molecular formula is C17H34IN3OS. The normalized spacial score (nSPS) is 23.5. The SMILES string of the molecule is CCNC(=NCC1(CCO)CCCC1)N1CCSC(C)(C)C1.I. The Bertz CT molecular complexity index is 384. The molecule has 2 fully saturated rings. The van der Waals surface area contributed by atoms with Gasteiger partial charge in [-0.1, -0.05) is 12.8 Å². The predicted octanol–water partition coefficient (Wildman–Crippen LogP) is 3.34. The first kappa shape index (κ1) is 21.4. The Labute approximate surface area is 163 Å². The predicted molar refractivity (Wildman–Crippen MR) is 112 cm³/mol. The maximum absolute atomic E-state index is 9.40. The smallest absolute Gasteiger partial charge is 0.194 e. The molecule has 1 saturated heterocycles. The summed E-state index contributed by atoms with van der Waals surface area (Å²) in [6, 6.07) is 0. The minimum atomic E-state index is 0. The monoisotopic (exact) mass is 455 g/mol. The molecule has 0 aromatic carbocycles. The summed E-state index contributed by atoms with van der Waals surface area (Å²) in [5, 5.41) is 12.9. The molecule has 0 bridgehead atoms. The number of aliphatic hydroxyl groups is 1. The summed E-state index contributed by atoms with van der Waals surface area (Å²) in [6.45, 7) is 11.0. The Morgan fingerprint density at radius 1 is 1.30 bits per heavy atom. The lowest BCUT2D eigenvalue weighted by Crippen LogP contribution is -2.51. The van der Waals surface area contributed by atoms with Gasteiger partial charge in [0.05, 0.1) is 0 Å². The molecular weight excluding hydrogens is 421 g/mol. The maximum Gasteiger partial charge on any atom is 0.194 e. The molecule has 23 heavy (non-hydrogen) atoms. The Balaban J connectivity index is 0.00000264. The van der Waals surface area contributed by atoms with Gasteiger partial charge in [-0.3, -0.25) is 4.99 Å². The highest BCUT2D eigenvalue weighted by Gasteiger charge is 2.34. The van der Waals surface area contributed by atoms with Crippen molar-refractivity contribution in [3.63, 3.8) is 0 Å². The van der Waals surface area contributed by atoms with Crippen LogP contribution < -0.4 is 5.32 Å². The van der Waals surface area contributed by atoms with Gasteiger partial charge in [0.25, 0.3) is 0 Å². The number of nitrogens with one attached hydrogen (secondary N) is 1. The average Bonchev–Trinajstić information content (AvgIpc) is 2.92. The summed E-state index contributed by atoms with van der Waals surface area (Å²) in [5.41, 5.74) is 0.246. The van der Waals surface area contributed by atoms with Gasteiger partial charge in [-0.25, -0.2) is 0 Å². The van der Waals surface area contributed by atoms with Crippen molar-refractivity contribution >= 4 is 41.7 Å². The van der Waals surface area contributed by atoms with Crippen LogP contribution >= 0.6 is 35.7 Å². The van der Waals surface area contributed by atoms with E-state index in [0.717, 1.165) is 38.6 Å². The number of rotatable bonds is 5. The van der Waals surface area contributed by atoms with Gasteiger partial charge in [-0.2, -0.15) is 11.8 Å². The maximum atomic E-state index is 9.40. The number of aliphatic imine (C=N–C) groups is 1. The van der Waals surface area contributed by atoms with Gasteiger partial charge in [0.2, 0.25) is 0 Å². The van der Waals surface area contributed by atoms with E-state index in [1.54, 1.807) is 0 Å². The van der Waals surface area contributed by atoms with E-state index in [0.29, 0.717) is 11.4 Å². The van der Waals surface area contributed by atoms with Crippen LogP contribution in [0.4, 0.5) is 0 Å². The van der Waals surface area contributed by atoms with Crippen LogP contribution in [0.1, 0.15) is 52.9 Å². The highest BCUT2D eigenvalue weighted by Crippen LogP contribution is 2.41. The Kier molecular flexibility index (Phi) is 9.01. The van der Waals surface area contributed by atoms with E-state index in [1.165, 1.54) is 31.4 Å². The Hall–Kier alpha value is 0.310. The third kappa shape index (κ3) is 6.27. The first-order valence-corrected chi connectivity index (χ1v) is 9.77. The molecule has 1 saturated carbocycles. The van der Waals surface area contributed by atoms with Crippen LogP contribution in [0.5, 0.6) is 0 Å². The number of guanidine groups is 1.